The van der Waals surface area contributed by atoms with E-state index in [2.05, 4.69) is 5.32 Å². The number of ether oxygens (including phenoxy) is 3. The van der Waals surface area contributed by atoms with E-state index >= 15 is 0 Å². The summed E-state index contributed by atoms with van der Waals surface area (Å²) in [6.45, 7) is 2.91. The van der Waals surface area contributed by atoms with Crippen molar-refractivity contribution >= 4 is 23.3 Å². The van der Waals surface area contributed by atoms with E-state index in [1.807, 2.05) is 0 Å². The Morgan fingerprint density at radius 2 is 1.75 bits per heavy atom. The number of carbonyl (C=O) groups is 3. The summed E-state index contributed by atoms with van der Waals surface area (Å²) < 4.78 is 15.5. The molecule has 2 aromatic carbocycles. The van der Waals surface area contributed by atoms with Gasteiger partial charge in [0.1, 0.15) is 11.5 Å². The second-order valence-electron chi connectivity index (χ2n) is 5.94. The van der Waals surface area contributed by atoms with E-state index in [0.29, 0.717) is 29.2 Å². The maximum absolute atomic E-state index is 12.1. The topological polar surface area (TPSA) is 90.9 Å². The highest BCUT2D eigenvalue weighted by atomic mass is 16.6. The molecule has 0 aliphatic rings. The van der Waals surface area contributed by atoms with Crippen molar-refractivity contribution < 1.29 is 28.6 Å². The molecule has 7 heteroatoms. The van der Waals surface area contributed by atoms with Gasteiger partial charge >= 0.3 is 5.97 Å². The number of carbonyl (C=O) groups excluding carboxylic acids is 3. The van der Waals surface area contributed by atoms with Crippen LogP contribution in [-0.2, 0) is 14.3 Å². The van der Waals surface area contributed by atoms with Crippen LogP contribution in [0.15, 0.2) is 48.5 Å². The van der Waals surface area contributed by atoms with Crippen LogP contribution in [-0.4, -0.2) is 37.5 Å². The molecule has 1 N–H and O–H groups in total. The molecule has 0 saturated heterocycles. The van der Waals surface area contributed by atoms with Crippen molar-refractivity contribution in [2.24, 2.45) is 0 Å². The van der Waals surface area contributed by atoms with Crippen LogP contribution in [0.2, 0.25) is 0 Å². The van der Waals surface area contributed by atoms with Crippen LogP contribution >= 0.6 is 0 Å². The van der Waals surface area contributed by atoms with E-state index in [0.717, 1.165) is 0 Å². The van der Waals surface area contributed by atoms with Crippen LogP contribution in [0.1, 0.15) is 30.6 Å². The Morgan fingerprint density at radius 3 is 2.39 bits per heavy atom. The summed E-state index contributed by atoms with van der Waals surface area (Å²) in [7, 11) is 1.53. The fourth-order valence-corrected chi connectivity index (χ4v) is 2.31. The maximum atomic E-state index is 12.1. The second-order valence-corrected chi connectivity index (χ2v) is 5.94. The van der Waals surface area contributed by atoms with Gasteiger partial charge in [-0.3, -0.25) is 9.59 Å². The molecule has 2 aromatic rings. The molecular weight excluding hydrogens is 362 g/mol. The number of anilines is 1. The minimum atomic E-state index is -0.994. The molecule has 148 valence electrons. The molecule has 0 aliphatic carbocycles. The lowest BCUT2D eigenvalue weighted by Gasteiger charge is -2.14. The van der Waals surface area contributed by atoms with Crippen LogP contribution in [0.5, 0.6) is 11.5 Å². The lowest BCUT2D eigenvalue weighted by Crippen LogP contribution is -2.31. The van der Waals surface area contributed by atoms with Crippen LogP contribution in [0.4, 0.5) is 5.69 Å². The lowest BCUT2D eigenvalue weighted by molar-refractivity contribution is -0.155. The average Bonchev–Trinajstić information content (AvgIpc) is 2.72. The number of ketones is 1. The summed E-state index contributed by atoms with van der Waals surface area (Å²) in [6.07, 6.45) is -0.575. The Morgan fingerprint density at radius 1 is 1.04 bits per heavy atom. The van der Waals surface area contributed by atoms with Crippen molar-refractivity contribution in [3.8, 4) is 11.5 Å². The van der Waals surface area contributed by atoms with Crippen LogP contribution in [0, 0.1) is 0 Å². The van der Waals surface area contributed by atoms with Crippen LogP contribution in [0.25, 0.3) is 0 Å². The fraction of sp³-hybridized carbons (Fsp3) is 0.286. The Bertz CT molecular complexity index is 831. The zero-order chi connectivity index (χ0) is 20.5. The van der Waals surface area contributed by atoms with Crippen molar-refractivity contribution in [1.82, 2.24) is 0 Å². The summed E-state index contributed by atoms with van der Waals surface area (Å²) in [5.41, 5.74) is 1.12. The number of hydrogen-bond donors (Lipinski definition) is 1. The number of methoxy groups -OCH3 is 1. The summed E-state index contributed by atoms with van der Waals surface area (Å²) in [4.78, 5) is 35.6. The SMILES string of the molecule is CCC(=O)c1ccc(OCC(=O)OC(C)C(=O)Nc2cccc(OC)c2)cc1. The third kappa shape index (κ3) is 6.12. The zero-order valence-corrected chi connectivity index (χ0v) is 16.1. The monoisotopic (exact) mass is 385 g/mol. The van der Waals surface area contributed by atoms with Gasteiger partial charge in [-0.1, -0.05) is 13.0 Å². The molecule has 0 aromatic heterocycles. The molecule has 7 nitrogen and oxygen atoms in total. The average molecular weight is 385 g/mol. The van der Waals surface area contributed by atoms with Crippen molar-refractivity contribution in [3.05, 3.63) is 54.1 Å². The highest BCUT2D eigenvalue weighted by Crippen LogP contribution is 2.17. The van der Waals surface area contributed by atoms with E-state index in [9.17, 15) is 14.4 Å². The molecule has 0 radical (unpaired) electrons. The van der Waals surface area contributed by atoms with Gasteiger partial charge in [0, 0.05) is 23.7 Å². The Kier molecular flexibility index (Phi) is 7.56. The molecular formula is C21H23NO6. The number of rotatable bonds is 9. The largest absolute Gasteiger partial charge is 0.497 e. The molecule has 0 spiro atoms. The molecule has 1 atom stereocenters. The first-order chi connectivity index (χ1) is 13.4. The number of Topliss-reactive ketones (excluding diaryl/α,β-unsaturated/α-hetero) is 1. The van der Waals surface area contributed by atoms with Crippen molar-refractivity contribution in [1.29, 1.82) is 0 Å². The molecule has 0 fully saturated rings. The number of hydrogen-bond acceptors (Lipinski definition) is 6. The van der Waals surface area contributed by atoms with E-state index in [1.165, 1.54) is 14.0 Å². The van der Waals surface area contributed by atoms with Crippen molar-refractivity contribution in [2.45, 2.75) is 26.4 Å². The van der Waals surface area contributed by atoms with Gasteiger partial charge in [-0.25, -0.2) is 4.79 Å². The molecule has 0 saturated carbocycles. The van der Waals surface area contributed by atoms with E-state index in [-0.39, 0.29) is 12.4 Å². The number of esters is 1. The third-order valence-corrected chi connectivity index (χ3v) is 3.87. The van der Waals surface area contributed by atoms with Crippen LogP contribution in [0.3, 0.4) is 0 Å². The predicted octanol–water partition coefficient (Wildman–Crippen LogP) is 3.24. The number of nitrogens with one attached hydrogen (secondary N) is 1. The first kappa shape index (κ1) is 21.0. The first-order valence-electron chi connectivity index (χ1n) is 8.83. The molecule has 1 unspecified atom stereocenters. The van der Waals surface area contributed by atoms with E-state index in [1.54, 1.807) is 55.5 Å². The summed E-state index contributed by atoms with van der Waals surface area (Å²) >= 11 is 0. The minimum Gasteiger partial charge on any atom is -0.497 e. The predicted molar refractivity (Wildman–Crippen MR) is 104 cm³/mol. The van der Waals surface area contributed by atoms with Gasteiger partial charge in [-0.05, 0) is 43.3 Å². The summed E-state index contributed by atoms with van der Waals surface area (Å²) in [5.74, 6) is -0.0894. The molecule has 28 heavy (non-hydrogen) atoms. The van der Waals surface area contributed by atoms with Gasteiger partial charge in [0.2, 0.25) is 0 Å². The molecule has 0 heterocycles. The molecule has 2 rings (SSSR count). The lowest BCUT2D eigenvalue weighted by atomic mass is 10.1. The molecule has 1 amide bonds. The Labute approximate surface area is 163 Å². The smallest absolute Gasteiger partial charge is 0.344 e. The quantitative estimate of drug-likeness (QED) is 0.526. The fourth-order valence-electron chi connectivity index (χ4n) is 2.31. The van der Waals surface area contributed by atoms with Gasteiger partial charge in [0.25, 0.3) is 5.91 Å². The van der Waals surface area contributed by atoms with Gasteiger partial charge in [0.15, 0.2) is 18.5 Å². The van der Waals surface area contributed by atoms with E-state index < -0.39 is 18.0 Å². The van der Waals surface area contributed by atoms with Gasteiger partial charge < -0.3 is 19.5 Å². The maximum Gasteiger partial charge on any atom is 0.344 e. The van der Waals surface area contributed by atoms with Gasteiger partial charge in [-0.15, -0.1) is 0 Å². The number of amides is 1. The molecule has 0 aliphatic heterocycles. The van der Waals surface area contributed by atoms with Crippen LogP contribution < -0.4 is 14.8 Å². The zero-order valence-electron chi connectivity index (χ0n) is 16.1. The summed E-state index contributed by atoms with van der Waals surface area (Å²) in [6, 6.07) is 13.3. The van der Waals surface area contributed by atoms with Gasteiger partial charge in [-0.2, -0.15) is 0 Å². The standard InChI is InChI=1S/C21H23NO6/c1-4-19(23)15-8-10-17(11-9-15)27-13-20(24)28-14(2)21(25)22-16-6-5-7-18(12-16)26-3/h5-12,14H,4,13H2,1-3H3,(H,22,25). The number of benzene rings is 2. The third-order valence-electron chi connectivity index (χ3n) is 3.87. The van der Waals surface area contributed by atoms with E-state index in [4.69, 9.17) is 14.2 Å². The Balaban J connectivity index is 1.81. The Hall–Kier alpha value is -3.35. The molecule has 0 bridgehead atoms. The van der Waals surface area contributed by atoms with Crippen molar-refractivity contribution in [3.63, 3.8) is 0 Å². The van der Waals surface area contributed by atoms with Crippen molar-refractivity contribution in [2.75, 3.05) is 19.0 Å². The second kappa shape index (κ2) is 10.1. The summed E-state index contributed by atoms with van der Waals surface area (Å²) in [5, 5.41) is 2.65. The van der Waals surface area contributed by atoms with Gasteiger partial charge in [0.05, 0.1) is 7.11 Å². The highest BCUT2D eigenvalue weighted by molar-refractivity contribution is 5.96. The minimum absolute atomic E-state index is 0.0295. The first-order valence-corrected chi connectivity index (χ1v) is 8.83. The highest BCUT2D eigenvalue weighted by Gasteiger charge is 2.18. The normalized spacial score (nSPS) is 11.2.